The van der Waals surface area contributed by atoms with Crippen LogP contribution >= 0.6 is 23.2 Å². The molecule has 0 fully saturated rings. The molecule has 6 rings (SSSR count). The predicted octanol–water partition coefficient (Wildman–Crippen LogP) is 6.79. The van der Waals surface area contributed by atoms with Crippen molar-refractivity contribution < 1.29 is 9.59 Å². The average molecular weight is 598 g/mol. The maximum atomic E-state index is 12.0. The van der Waals surface area contributed by atoms with Crippen molar-refractivity contribution in [3.8, 4) is 0 Å². The van der Waals surface area contributed by atoms with E-state index in [1.165, 1.54) is 23.3 Å². The quantitative estimate of drug-likeness (QED) is 0.243. The third-order valence-electron chi connectivity index (χ3n) is 7.64. The summed E-state index contributed by atoms with van der Waals surface area (Å²) in [6, 6.07) is 19.7. The lowest BCUT2D eigenvalue weighted by Gasteiger charge is -2.34. The number of hydrogen-bond donors (Lipinski definition) is 0. The van der Waals surface area contributed by atoms with Crippen molar-refractivity contribution in [1.82, 2.24) is 19.8 Å². The van der Waals surface area contributed by atoms with E-state index >= 15 is 0 Å². The van der Waals surface area contributed by atoms with Crippen molar-refractivity contribution in [2.45, 2.75) is 24.9 Å². The summed E-state index contributed by atoms with van der Waals surface area (Å²) in [5.74, 6) is 0.108. The van der Waals surface area contributed by atoms with E-state index in [0.717, 1.165) is 22.3 Å². The number of hydrogen-bond acceptors (Lipinski definition) is 4. The fourth-order valence-electron chi connectivity index (χ4n) is 5.61. The molecule has 212 valence electrons. The molecule has 0 bridgehead atoms. The zero-order valence-corrected chi connectivity index (χ0v) is 24.5. The van der Waals surface area contributed by atoms with Gasteiger partial charge in [0, 0.05) is 72.8 Å². The highest BCUT2D eigenvalue weighted by atomic mass is 35.5. The number of amides is 2. The Morgan fingerprint density at radius 1 is 0.714 bits per heavy atom. The zero-order valence-electron chi connectivity index (χ0n) is 23.0. The highest BCUT2D eigenvalue weighted by Gasteiger charge is 2.29. The Bertz CT molecular complexity index is 1490. The third-order valence-corrected chi connectivity index (χ3v) is 8.11. The Kier molecular flexibility index (Phi) is 9.15. The van der Waals surface area contributed by atoms with Crippen LogP contribution in [0.15, 0.2) is 111 Å². The van der Waals surface area contributed by atoms with Gasteiger partial charge in [0.2, 0.25) is 11.8 Å². The highest BCUT2D eigenvalue weighted by molar-refractivity contribution is 6.31. The van der Waals surface area contributed by atoms with Crippen LogP contribution in [0.2, 0.25) is 10.0 Å². The van der Waals surface area contributed by atoms with Crippen LogP contribution < -0.4 is 0 Å². The molecule has 0 saturated carbocycles. The first-order chi connectivity index (χ1) is 20.4. The molecule has 0 aliphatic carbocycles. The molecule has 42 heavy (non-hydrogen) atoms. The smallest absolute Gasteiger partial charge is 0.246 e. The van der Waals surface area contributed by atoms with Gasteiger partial charge in [-0.2, -0.15) is 0 Å². The summed E-state index contributed by atoms with van der Waals surface area (Å²) >= 11 is 12.2. The first-order valence-electron chi connectivity index (χ1n) is 13.6. The van der Waals surface area contributed by atoms with Gasteiger partial charge in [-0.15, -0.1) is 0 Å². The van der Waals surface area contributed by atoms with Gasteiger partial charge >= 0.3 is 0 Å². The van der Waals surface area contributed by atoms with E-state index in [-0.39, 0.29) is 23.7 Å². The van der Waals surface area contributed by atoms with Gasteiger partial charge in [-0.25, -0.2) is 0 Å². The summed E-state index contributed by atoms with van der Waals surface area (Å²) in [5.41, 5.74) is 6.78. The molecular formula is C34H30Cl2N4O2. The van der Waals surface area contributed by atoms with E-state index in [0.29, 0.717) is 36.2 Å². The van der Waals surface area contributed by atoms with E-state index in [2.05, 4.69) is 23.1 Å². The number of pyridine rings is 2. The van der Waals surface area contributed by atoms with Crippen molar-refractivity contribution in [1.29, 1.82) is 0 Å². The van der Waals surface area contributed by atoms with E-state index < -0.39 is 0 Å². The van der Waals surface area contributed by atoms with Crippen LogP contribution in [0, 0.1) is 0 Å². The Morgan fingerprint density at radius 3 is 1.50 bits per heavy atom. The summed E-state index contributed by atoms with van der Waals surface area (Å²) in [6.45, 7) is 9.55. The largest absolute Gasteiger partial charge is 0.334 e. The van der Waals surface area contributed by atoms with E-state index in [9.17, 15) is 9.59 Å². The Hall–Kier alpha value is -4.26. The molecule has 0 spiro atoms. The number of rotatable bonds is 4. The molecule has 2 aliphatic heterocycles. The minimum atomic E-state index is -0.0606. The minimum Gasteiger partial charge on any atom is -0.334 e. The van der Waals surface area contributed by atoms with Gasteiger partial charge in [0.05, 0.1) is 0 Å². The number of nitrogens with zero attached hydrogens (tertiary/aromatic N) is 4. The summed E-state index contributed by atoms with van der Waals surface area (Å²) < 4.78 is 0. The van der Waals surface area contributed by atoms with Crippen LogP contribution in [-0.4, -0.2) is 44.7 Å². The number of benzene rings is 2. The van der Waals surface area contributed by atoms with Crippen LogP contribution in [0.3, 0.4) is 0 Å². The summed E-state index contributed by atoms with van der Waals surface area (Å²) in [6.07, 6.45) is 9.92. The van der Waals surface area contributed by atoms with Gasteiger partial charge in [0.15, 0.2) is 0 Å². The highest BCUT2D eigenvalue weighted by Crippen LogP contribution is 2.36. The molecule has 2 atom stereocenters. The molecule has 2 amide bonds. The second-order valence-electron chi connectivity index (χ2n) is 10.2. The lowest BCUT2D eigenvalue weighted by atomic mass is 9.85. The molecule has 2 aromatic heterocycles. The van der Waals surface area contributed by atoms with Crippen molar-refractivity contribution in [2.75, 3.05) is 13.1 Å². The number of aromatic nitrogens is 2. The average Bonchev–Trinajstić information content (AvgIpc) is 3.03. The van der Waals surface area contributed by atoms with Crippen LogP contribution in [0.4, 0.5) is 0 Å². The number of fused-ring (bicyclic) bond motifs is 2. The first-order valence-corrected chi connectivity index (χ1v) is 14.3. The van der Waals surface area contributed by atoms with Crippen LogP contribution in [-0.2, 0) is 22.7 Å². The Morgan fingerprint density at radius 2 is 1.14 bits per heavy atom. The third kappa shape index (κ3) is 6.46. The lowest BCUT2D eigenvalue weighted by molar-refractivity contribution is -0.127. The molecular weight excluding hydrogens is 567 g/mol. The SMILES string of the molecule is C=CC(=O)N1Cc2cc(Cl)ccc2[C@@H](c2cccnc2)C1.C=CC(=O)N1Cc2cc(Cl)ccc2[C@H](c2cccnc2)C1. The molecule has 2 aromatic carbocycles. The molecule has 2 aliphatic rings. The molecule has 6 nitrogen and oxygen atoms in total. The van der Waals surface area contributed by atoms with Gasteiger partial charge in [-0.3, -0.25) is 19.6 Å². The predicted molar refractivity (Wildman–Crippen MR) is 166 cm³/mol. The lowest BCUT2D eigenvalue weighted by Crippen LogP contribution is -2.37. The summed E-state index contributed by atoms with van der Waals surface area (Å²) in [4.78, 5) is 36.0. The van der Waals surface area contributed by atoms with Crippen LogP contribution in [0.5, 0.6) is 0 Å². The summed E-state index contributed by atoms with van der Waals surface area (Å²) in [7, 11) is 0. The maximum Gasteiger partial charge on any atom is 0.246 e. The van der Waals surface area contributed by atoms with Crippen LogP contribution in [0.1, 0.15) is 45.2 Å². The number of halogens is 2. The van der Waals surface area contributed by atoms with Crippen molar-refractivity contribution >= 4 is 35.0 Å². The van der Waals surface area contributed by atoms with E-state index in [1.807, 2.05) is 73.1 Å². The van der Waals surface area contributed by atoms with Gasteiger partial charge in [0.25, 0.3) is 0 Å². The monoisotopic (exact) mass is 596 g/mol. The molecule has 8 heteroatoms. The summed E-state index contributed by atoms with van der Waals surface area (Å²) in [5, 5.41) is 1.37. The molecule has 0 unspecified atom stereocenters. The first kappa shape index (κ1) is 29.2. The topological polar surface area (TPSA) is 66.4 Å². The number of carbonyl (C=O) groups is 2. The second-order valence-corrected chi connectivity index (χ2v) is 11.1. The molecule has 0 N–H and O–H groups in total. The molecule has 0 radical (unpaired) electrons. The fraction of sp³-hybridized carbons (Fsp3) is 0.176. The molecule has 4 aromatic rings. The standard InChI is InChI=1S/2C17H15ClN2O/c2*1-2-17(21)20-10-13-8-14(18)5-6-15(13)16(11-20)12-4-3-7-19-9-12/h2*2-9,16H,1,10-11H2/t2*16-/m10/s1. The van der Waals surface area contributed by atoms with Crippen LogP contribution in [0.25, 0.3) is 0 Å². The van der Waals surface area contributed by atoms with Gasteiger partial charge in [0.1, 0.15) is 0 Å². The van der Waals surface area contributed by atoms with E-state index in [1.54, 1.807) is 22.2 Å². The fourth-order valence-corrected chi connectivity index (χ4v) is 6.00. The van der Waals surface area contributed by atoms with Gasteiger partial charge in [-0.1, -0.05) is 60.6 Å². The van der Waals surface area contributed by atoms with Crippen molar-refractivity contribution in [2.24, 2.45) is 0 Å². The van der Waals surface area contributed by atoms with Gasteiger partial charge < -0.3 is 9.80 Å². The Labute approximate surface area is 255 Å². The normalized spacial score (nSPS) is 17.2. The Balaban J connectivity index is 0.000000168. The minimum absolute atomic E-state index is 0.0606. The molecule has 4 heterocycles. The maximum absolute atomic E-state index is 12.0. The number of carbonyl (C=O) groups excluding carboxylic acids is 2. The van der Waals surface area contributed by atoms with E-state index in [4.69, 9.17) is 23.2 Å². The van der Waals surface area contributed by atoms with Crippen molar-refractivity contribution in [3.63, 3.8) is 0 Å². The zero-order chi connectivity index (χ0) is 29.6. The second kappa shape index (κ2) is 13.1. The van der Waals surface area contributed by atoms with Gasteiger partial charge in [-0.05, 0) is 81.9 Å². The molecule has 0 saturated heterocycles. The van der Waals surface area contributed by atoms with Crippen molar-refractivity contribution in [3.05, 3.63) is 154 Å².